The van der Waals surface area contributed by atoms with Crippen LogP contribution in [0.25, 0.3) is 6.08 Å². The molecule has 0 aliphatic carbocycles. The first-order valence-corrected chi connectivity index (χ1v) is 8.52. The van der Waals surface area contributed by atoms with Gasteiger partial charge in [-0.05, 0) is 53.6 Å². The standard InChI is InChI=1S/C23H18FNO2/c24-20-11-6-17(7-12-20)8-15-22(26)19-9-13-21(14-10-19)25-23(27)16-18-4-2-1-3-5-18/h1-15H,16H2,(H,25,27). The molecule has 1 N–H and O–H groups in total. The van der Waals surface area contributed by atoms with Crippen molar-refractivity contribution in [1.29, 1.82) is 0 Å². The predicted octanol–water partition coefficient (Wildman–Crippen LogP) is 4.90. The Labute approximate surface area is 157 Å². The molecule has 0 atom stereocenters. The van der Waals surface area contributed by atoms with Crippen LogP contribution in [0.5, 0.6) is 0 Å². The third-order valence-electron chi connectivity index (χ3n) is 3.96. The van der Waals surface area contributed by atoms with E-state index in [0.717, 1.165) is 11.1 Å². The summed E-state index contributed by atoms with van der Waals surface area (Å²) in [6.45, 7) is 0. The molecule has 3 aromatic carbocycles. The van der Waals surface area contributed by atoms with Gasteiger partial charge >= 0.3 is 0 Å². The zero-order chi connectivity index (χ0) is 19.1. The summed E-state index contributed by atoms with van der Waals surface area (Å²) in [7, 11) is 0. The molecule has 0 bridgehead atoms. The summed E-state index contributed by atoms with van der Waals surface area (Å²) in [4.78, 5) is 24.3. The Morgan fingerprint density at radius 3 is 2.19 bits per heavy atom. The average molecular weight is 359 g/mol. The molecule has 27 heavy (non-hydrogen) atoms. The minimum Gasteiger partial charge on any atom is -0.326 e. The van der Waals surface area contributed by atoms with E-state index in [9.17, 15) is 14.0 Å². The molecule has 0 fully saturated rings. The Morgan fingerprint density at radius 2 is 1.52 bits per heavy atom. The largest absolute Gasteiger partial charge is 0.326 e. The molecule has 3 aromatic rings. The molecule has 0 saturated carbocycles. The van der Waals surface area contributed by atoms with Gasteiger partial charge in [0.2, 0.25) is 5.91 Å². The molecule has 0 aliphatic rings. The van der Waals surface area contributed by atoms with E-state index in [1.165, 1.54) is 18.2 Å². The highest BCUT2D eigenvalue weighted by atomic mass is 19.1. The number of halogens is 1. The van der Waals surface area contributed by atoms with Crippen molar-refractivity contribution in [1.82, 2.24) is 0 Å². The van der Waals surface area contributed by atoms with Gasteiger partial charge < -0.3 is 5.32 Å². The third-order valence-corrected chi connectivity index (χ3v) is 3.96. The third kappa shape index (κ3) is 5.47. The van der Waals surface area contributed by atoms with Crippen molar-refractivity contribution >= 4 is 23.5 Å². The van der Waals surface area contributed by atoms with Crippen molar-refractivity contribution in [2.45, 2.75) is 6.42 Å². The van der Waals surface area contributed by atoms with Gasteiger partial charge in [0.05, 0.1) is 6.42 Å². The fourth-order valence-electron chi connectivity index (χ4n) is 2.55. The van der Waals surface area contributed by atoms with Gasteiger partial charge in [-0.2, -0.15) is 0 Å². The van der Waals surface area contributed by atoms with Crippen molar-refractivity contribution in [3.8, 4) is 0 Å². The van der Waals surface area contributed by atoms with Crippen LogP contribution in [0.4, 0.5) is 10.1 Å². The number of hydrogen-bond donors (Lipinski definition) is 1. The lowest BCUT2D eigenvalue weighted by atomic mass is 10.1. The number of carbonyl (C=O) groups excluding carboxylic acids is 2. The molecule has 3 nitrogen and oxygen atoms in total. The van der Waals surface area contributed by atoms with Gasteiger partial charge in [0, 0.05) is 11.3 Å². The van der Waals surface area contributed by atoms with Crippen molar-refractivity contribution in [2.75, 3.05) is 5.32 Å². The first-order valence-electron chi connectivity index (χ1n) is 8.52. The number of ketones is 1. The molecule has 134 valence electrons. The number of anilines is 1. The normalized spacial score (nSPS) is 10.7. The molecule has 0 heterocycles. The van der Waals surface area contributed by atoms with Crippen LogP contribution >= 0.6 is 0 Å². The molecule has 0 aromatic heterocycles. The van der Waals surface area contributed by atoms with Crippen molar-refractivity contribution in [2.24, 2.45) is 0 Å². The van der Waals surface area contributed by atoms with Crippen molar-refractivity contribution < 1.29 is 14.0 Å². The Hall–Kier alpha value is -3.53. The minimum atomic E-state index is -0.316. The SMILES string of the molecule is O=C(Cc1ccccc1)Nc1ccc(C(=O)C=Cc2ccc(F)cc2)cc1. The van der Waals surface area contributed by atoms with Crippen LogP contribution in [-0.2, 0) is 11.2 Å². The molecule has 1 amide bonds. The molecular weight excluding hydrogens is 341 g/mol. The van der Waals surface area contributed by atoms with E-state index in [1.807, 2.05) is 30.3 Å². The maximum Gasteiger partial charge on any atom is 0.228 e. The number of benzene rings is 3. The zero-order valence-corrected chi connectivity index (χ0v) is 14.6. The number of amides is 1. The van der Waals surface area contributed by atoms with Crippen molar-refractivity contribution in [3.05, 3.63) is 107 Å². The minimum absolute atomic E-state index is 0.114. The number of rotatable bonds is 6. The summed E-state index contributed by atoms with van der Waals surface area (Å²) >= 11 is 0. The van der Waals surface area contributed by atoms with E-state index in [1.54, 1.807) is 42.5 Å². The first-order chi connectivity index (χ1) is 13.1. The van der Waals surface area contributed by atoms with E-state index in [4.69, 9.17) is 0 Å². The highest BCUT2D eigenvalue weighted by Crippen LogP contribution is 2.13. The highest BCUT2D eigenvalue weighted by Gasteiger charge is 2.06. The van der Waals surface area contributed by atoms with Gasteiger partial charge in [-0.1, -0.05) is 48.5 Å². The second-order valence-electron chi connectivity index (χ2n) is 6.04. The molecule has 0 saturated heterocycles. The number of allylic oxidation sites excluding steroid dienone is 1. The second kappa shape index (κ2) is 8.72. The van der Waals surface area contributed by atoms with E-state index < -0.39 is 0 Å². The molecule has 3 rings (SSSR count). The number of nitrogens with one attached hydrogen (secondary N) is 1. The quantitative estimate of drug-likeness (QED) is 0.502. The van der Waals surface area contributed by atoms with E-state index in [0.29, 0.717) is 17.7 Å². The molecule has 0 aliphatic heterocycles. The lowest BCUT2D eigenvalue weighted by molar-refractivity contribution is -0.115. The summed E-state index contributed by atoms with van der Waals surface area (Å²) in [5.41, 5.74) is 2.83. The van der Waals surface area contributed by atoms with Gasteiger partial charge in [0.15, 0.2) is 5.78 Å². The van der Waals surface area contributed by atoms with Crippen LogP contribution in [0.1, 0.15) is 21.5 Å². The molecule has 4 heteroatoms. The van der Waals surface area contributed by atoms with E-state index in [2.05, 4.69) is 5.32 Å². The van der Waals surface area contributed by atoms with Crippen LogP contribution in [0.15, 0.2) is 84.9 Å². The summed E-state index contributed by atoms with van der Waals surface area (Å²) in [5.74, 6) is -0.596. The summed E-state index contributed by atoms with van der Waals surface area (Å²) in [6.07, 6.45) is 3.37. The summed E-state index contributed by atoms with van der Waals surface area (Å²) in [6, 6.07) is 22.1. The fourth-order valence-corrected chi connectivity index (χ4v) is 2.55. The van der Waals surface area contributed by atoms with Crippen molar-refractivity contribution in [3.63, 3.8) is 0 Å². The first kappa shape index (κ1) is 18.3. The van der Waals surface area contributed by atoms with Gasteiger partial charge in [-0.15, -0.1) is 0 Å². The van der Waals surface area contributed by atoms with Gasteiger partial charge in [-0.3, -0.25) is 9.59 Å². The predicted molar refractivity (Wildman–Crippen MR) is 105 cm³/mol. The maximum atomic E-state index is 12.9. The van der Waals surface area contributed by atoms with Crippen LogP contribution in [-0.4, -0.2) is 11.7 Å². The van der Waals surface area contributed by atoms with Crippen LogP contribution in [0.2, 0.25) is 0 Å². The number of carbonyl (C=O) groups is 2. The lowest BCUT2D eigenvalue weighted by Crippen LogP contribution is -2.14. The fraction of sp³-hybridized carbons (Fsp3) is 0.0435. The average Bonchev–Trinajstić information content (AvgIpc) is 2.68. The van der Waals surface area contributed by atoms with Gasteiger partial charge in [-0.25, -0.2) is 4.39 Å². The van der Waals surface area contributed by atoms with E-state index >= 15 is 0 Å². The van der Waals surface area contributed by atoms with Gasteiger partial charge in [0.25, 0.3) is 0 Å². The lowest BCUT2D eigenvalue weighted by Gasteiger charge is -2.06. The maximum absolute atomic E-state index is 12.9. The van der Waals surface area contributed by atoms with Crippen LogP contribution in [0, 0.1) is 5.82 Å². The van der Waals surface area contributed by atoms with Gasteiger partial charge in [0.1, 0.15) is 5.82 Å². The Bertz CT molecular complexity index is 946. The van der Waals surface area contributed by atoms with E-state index in [-0.39, 0.29) is 17.5 Å². The molecule has 0 radical (unpaired) electrons. The molecule has 0 unspecified atom stereocenters. The molecule has 0 spiro atoms. The topological polar surface area (TPSA) is 46.2 Å². The zero-order valence-electron chi connectivity index (χ0n) is 14.6. The number of hydrogen-bond acceptors (Lipinski definition) is 2. The summed E-state index contributed by atoms with van der Waals surface area (Å²) < 4.78 is 12.9. The second-order valence-corrected chi connectivity index (χ2v) is 6.04. The molecular formula is C23H18FNO2. The Morgan fingerprint density at radius 1 is 0.852 bits per heavy atom. The monoisotopic (exact) mass is 359 g/mol. The Balaban J connectivity index is 1.58. The Kier molecular flexibility index (Phi) is 5.90. The smallest absolute Gasteiger partial charge is 0.228 e. The summed E-state index contributed by atoms with van der Waals surface area (Å²) in [5, 5.41) is 2.82. The van der Waals surface area contributed by atoms with Crippen LogP contribution < -0.4 is 5.32 Å². The van der Waals surface area contributed by atoms with Crippen LogP contribution in [0.3, 0.4) is 0 Å². The highest BCUT2D eigenvalue weighted by molar-refractivity contribution is 6.07.